The largest absolute Gasteiger partial charge is 0.481 e. The highest BCUT2D eigenvalue weighted by molar-refractivity contribution is 5.80. The molecule has 0 aromatic heterocycles. The lowest BCUT2D eigenvalue weighted by Crippen LogP contribution is -2.35. The first-order valence-corrected chi connectivity index (χ1v) is 6.11. The number of hydrogen-bond acceptors (Lipinski definition) is 3. The van der Waals surface area contributed by atoms with E-state index in [1.165, 1.54) is 4.90 Å². The first-order valence-electron chi connectivity index (χ1n) is 6.11. The van der Waals surface area contributed by atoms with Crippen molar-refractivity contribution >= 4 is 5.91 Å². The van der Waals surface area contributed by atoms with E-state index < -0.39 is 12.2 Å². The molecule has 0 spiro atoms. The molecule has 2 atom stereocenters. The normalized spacial score (nSPS) is 13.8. The van der Waals surface area contributed by atoms with Crippen LogP contribution in [0, 0.1) is 0 Å². The molecular weight excluding hydrogens is 230 g/mol. The Hall–Kier alpha value is -1.55. The van der Waals surface area contributed by atoms with E-state index in [-0.39, 0.29) is 5.91 Å². The zero-order valence-corrected chi connectivity index (χ0v) is 11.4. The van der Waals surface area contributed by atoms with Crippen molar-refractivity contribution in [2.75, 3.05) is 14.1 Å². The van der Waals surface area contributed by atoms with E-state index in [0.29, 0.717) is 12.2 Å². The first kappa shape index (κ1) is 14.5. The van der Waals surface area contributed by atoms with Crippen LogP contribution in [0.4, 0.5) is 0 Å². The van der Waals surface area contributed by atoms with Crippen LogP contribution in [0.25, 0.3) is 0 Å². The van der Waals surface area contributed by atoms with Gasteiger partial charge in [0.25, 0.3) is 5.91 Å². The Labute approximate surface area is 108 Å². The molecule has 0 saturated heterocycles. The molecule has 0 aliphatic rings. The van der Waals surface area contributed by atoms with Gasteiger partial charge in [-0.25, -0.2) is 0 Å². The fourth-order valence-electron chi connectivity index (χ4n) is 1.62. The topological polar surface area (TPSA) is 49.8 Å². The monoisotopic (exact) mass is 251 g/mol. The standard InChI is InChI=1S/C14H21NO3/c1-5-13(16)11-6-8-12(9-7-11)18-10(2)14(17)15(3)4/h6-10,13,16H,5H2,1-4H3/t10?,13-/m0/s1. The van der Waals surface area contributed by atoms with Crippen molar-refractivity contribution in [1.82, 2.24) is 4.90 Å². The minimum atomic E-state index is -0.512. The van der Waals surface area contributed by atoms with E-state index in [9.17, 15) is 9.90 Å². The van der Waals surface area contributed by atoms with Crippen molar-refractivity contribution in [2.45, 2.75) is 32.5 Å². The molecule has 0 heterocycles. The van der Waals surface area contributed by atoms with Crippen molar-refractivity contribution in [3.05, 3.63) is 29.8 Å². The number of rotatable bonds is 5. The summed E-state index contributed by atoms with van der Waals surface area (Å²) in [4.78, 5) is 13.1. The number of carbonyl (C=O) groups excluding carboxylic acids is 1. The molecule has 0 aliphatic heterocycles. The fraction of sp³-hybridized carbons (Fsp3) is 0.500. The quantitative estimate of drug-likeness (QED) is 0.870. The maximum atomic E-state index is 11.6. The fourth-order valence-corrected chi connectivity index (χ4v) is 1.62. The van der Waals surface area contributed by atoms with Crippen LogP contribution in [0.3, 0.4) is 0 Å². The third-order valence-electron chi connectivity index (χ3n) is 2.75. The Balaban J connectivity index is 2.66. The van der Waals surface area contributed by atoms with Crippen LogP contribution >= 0.6 is 0 Å². The number of carbonyl (C=O) groups is 1. The predicted octanol–water partition coefficient (Wildman–Crippen LogP) is 1.99. The summed E-state index contributed by atoms with van der Waals surface area (Å²) in [6.45, 7) is 3.64. The van der Waals surface area contributed by atoms with Crippen LogP contribution in [0.2, 0.25) is 0 Å². The summed E-state index contributed by atoms with van der Waals surface area (Å²) in [5.41, 5.74) is 0.858. The number of nitrogens with zero attached hydrogens (tertiary/aromatic N) is 1. The molecule has 0 fully saturated rings. The molecule has 4 nitrogen and oxygen atoms in total. The van der Waals surface area contributed by atoms with E-state index in [1.54, 1.807) is 33.2 Å². The lowest BCUT2D eigenvalue weighted by atomic mass is 10.1. The second kappa shape index (κ2) is 6.40. The van der Waals surface area contributed by atoms with Crippen LogP contribution in [0.1, 0.15) is 31.9 Å². The van der Waals surface area contributed by atoms with Crippen LogP contribution in [-0.2, 0) is 4.79 Å². The molecule has 0 radical (unpaired) electrons. The lowest BCUT2D eigenvalue weighted by molar-refractivity contribution is -0.135. The Kier molecular flexibility index (Phi) is 5.16. The van der Waals surface area contributed by atoms with Crippen LogP contribution in [-0.4, -0.2) is 36.1 Å². The van der Waals surface area contributed by atoms with Crippen LogP contribution in [0.5, 0.6) is 5.75 Å². The maximum absolute atomic E-state index is 11.6. The van der Waals surface area contributed by atoms with Gasteiger partial charge in [-0.2, -0.15) is 0 Å². The molecule has 18 heavy (non-hydrogen) atoms. The van der Waals surface area contributed by atoms with Crippen molar-refractivity contribution in [2.24, 2.45) is 0 Å². The summed E-state index contributed by atoms with van der Waals surface area (Å²) in [5, 5.41) is 9.66. The predicted molar refractivity (Wildman–Crippen MR) is 70.5 cm³/mol. The van der Waals surface area contributed by atoms with Crippen LogP contribution < -0.4 is 4.74 Å². The average Bonchev–Trinajstić information content (AvgIpc) is 2.37. The molecule has 1 aromatic carbocycles. The number of benzene rings is 1. The minimum Gasteiger partial charge on any atom is -0.481 e. The Morgan fingerprint density at radius 3 is 2.33 bits per heavy atom. The number of amides is 1. The van der Waals surface area contributed by atoms with E-state index >= 15 is 0 Å². The zero-order chi connectivity index (χ0) is 13.7. The second-order valence-corrected chi connectivity index (χ2v) is 4.49. The third-order valence-corrected chi connectivity index (χ3v) is 2.75. The van der Waals surface area contributed by atoms with E-state index in [2.05, 4.69) is 0 Å². The Morgan fingerprint density at radius 1 is 1.33 bits per heavy atom. The average molecular weight is 251 g/mol. The van der Waals surface area contributed by atoms with Gasteiger partial charge < -0.3 is 14.7 Å². The molecule has 1 amide bonds. The lowest BCUT2D eigenvalue weighted by Gasteiger charge is -2.18. The van der Waals surface area contributed by atoms with Gasteiger partial charge in [-0.3, -0.25) is 4.79 Å². The smallest absolute Gasteiger partial charge is 0.262 e. The summed E-state index contributed by atoms with van der Waals surface area (Å²) in [7, 11) is 3.39. The minimum absolute atomic E-state index is 0.0762. The van der Waals surface area contributed by atoms with Crippen molar-refractivity contribution in [3.8, 4) is 5.75 Å². The van der Waals surface area contributed by atoms with Gasteiger partial charge in [-0.05, 0) is 31.0 Å². The van der Waals surface area contributed by atoms with Gasteiger partial charge in [0, 0.05) is 14.1 Å². The molecule has 100 valence electrons. The van der Waals surface area contributed by atoms with Crippen molar-refractivity contribution in [1.29, 1.82) is 0 Å². The molecule has 1 unspecified atom stereocenters. The number of ether oxygens (including phenoxy) is 1. The summed E-state index contributed by atoms with van der Waals surface area (Å²) in [6, 6.07) is 7.17. The van der Waals surface area contributed by atoms with E-state index in [0.717, 1.165) is 5.56 Å². The molecular formula is C14H21NO3. The summed E-state index contributed by atoms with van der Waals surface area (Å²) >= 11 is 0. The van der Waals surface area contributed by atoms with Gasteiger partial charge in [0.2, 0.25) is 0 Å². The summed E-state index contributed by atoms with van der Waals surface area (Å²) in [6.07, 6.45) is -0.280. The maximum Gasteiger partial charge on any atom is 0.262 e. The van der Waals surface area contributed by atoms with Gasteiger partial charge in [0.05, 0.1) is 6.10 Å². The van der Waals surface area contributed by atoms with Gasteiger partial charge in [-0.1, -0.05) is 19.1 Å². The molecule has 0 aliphatic carbocycles. The molecule has 4 heteroatoms. The summed E-state index contributed by atoms with van der Waals surface area (Å²) in [5.74, 6) is 0.553. The van der Waals surface area contributed by atoms with Crippen molar-refractivity contribution < 1.29 is 14.6 Å². The Bertz CT molecular complexity index is 387. The molecule has 1 N–H and O–H groups in total. The number of aliphatic hydroxyl groups excluding tert-OH is 1. The highest BCUT2D eigenvalue weighted by Gasteiger charge is 2.16. The van der Waals surface area contributed by atoms with Crippen molar-refractivity contribution in [3.63, 3.8) is 0 Å². The Morgan fingerprint density at radius 2 is 1.89 bits per heavy atom. The molecule has 0 saturated carbocycles. The van der Waals surface area contributed by atoms with E-state index in [4.69, 9.17) is 4.74 Å². The van der Waals surface area contributed by atoms with E-state index in [1.807, 2.05) is 19.1 Å². The number of likely N-dealkylation sites (N-methyl/N-ethyl adjacent to an activating group) is 1. The van der Waals surface area contributed by atoms with Crippen LogP contribution in [0.15, 0.2) is 24.3 Å². The molecule has 1 aromatic rings. The highest BCUT2D eigenvalue weighted by atomic mass is 16.5. The summed E-state index contributed by atoms with van der Waals surface area (Å²) < 4.78 is 5.53. The molecule has 1 rings (SSSR count). The van der Waals surface area contributed by atoms with Gasteiger partial charge >= 0.3 is 0 Å². The van der Waals surface area contributed by atoms with Gasteiger partial charge in [0.15, 0.2) is 6.10 Å². The molecule has 0 bridgehead atoms. The first-order chi connectivity index (χ1) is 8.45. The second-order valence-electron chi connectivity index (χ2n) is 4.49. The van der Waals surface area contributed by atoms with Gasteiger partial charge in [-0.15, -0.1) is 0 Å². The highest BCUT2D eigenvalue weighted by Crippen LogP contribution is 2.20. The number of aliphatic hydroxyl groups is 1. The SMILES string of the molecule is CC[C@H](O)c1ccc(OC(C)C(=O)N(C)C)cc1. The zero-order valence-electron chi connectivity index (χ0n) is 11.4. The van der Waals surface area contributed by atoms with Gasteiger partial charge in [0.1, 0.15) is 5.75 Å². The third kappa shape index (κ3) is 3.74. The number of hydrogen-bond donors (Lipinski definition) is 1.